The third kappa shape index (κ3) is 8.10. The molecule has 2 heterocycles. The number of unbranched alkanes of at least 4 members (excludes halogenated alkanes) is 3. The molecular formula is C18H29N4O9P. The molecule has 2 rings (SSSR count). The Morgan fingerprint density at radius 3 is 2.72 bits per heavy atom. The van der Waals surface area contributed by atoms with Gasteiger partial charge in [-0.3, -0.25) is 23.7 Å². The fourth-order valence-electron chi connectivity index (χ4n) is 3.21. The Morgan fingerprint density at radius 2 is 2.06 bits per heavy atom. The van der Waals surface area contributed by atoms with Crippen molar-refractivity contribution in [3.63, 3.8) is 0 Å². The molecular weight excluding hydrogens is 447 g/mol. The lowest BCUT2D eigenvalue weighted by molar-refractivity contribution is -0.116. The van der Waals surface area contributed by atoms with Crippen molar-refractivity contribution in [3.05, 3.63) is 38.7 Å². The number of aromatic amines is 1. The molecule has 1 saturated heterocycles. The smallest absolute Gasteiger partial charge is 0.394 e. The zero-order valence-corrected chi connectivity index (χ0v) is 18.3. The fraction of sp³-hybridized carbons (Fsp3) is 0.611. The maximum absolute atomic E-state index is 12.2. The van der Waals surface area contributed by atoms with E-state index in [-0.39, 0.29) is 12.0 Å². The third-order valence-electron chi connectivity index (χ3n) is 4.78. The summed E-state index contributed by atoms with van der Waals surface area (Å²) in [5.41, 5.74) is 3.86. The number of amides is 1. The summed E-state index contributed by atoms with van der Waals surface area (Å²) >= 11 is 0. The Bertz CT molecular complexity index is 955. The summed E-state index contributed by atoms with van der Waals surface area (Å²) < 4.78 is 22.2. The number of aliphatic hydroxyl groups excluding tert-OH is 1. The molecule has 13 nitrogen and oxygen atoms in total. The number of nitrogens with one attached hydrogen (secondary N) is 2. The number of aliphatic hydroxyl groups is 1. The highest BCUT2D eigenvalue weighted by Gasteiger charge is 2.40. The third-order valence-corrected chi connectivity index (χ3v) is 5.33. The number of aromatic nitrogens is 2. The van der Waals surface area contributed by atoms with E-state index in [2.05, 4.69) is 14.8 Å². The SMILES string of the molecule is NCCCCCCNC(=O)/C=C/c1cn([C@H]2CC(OP(=O)(O)O)[C@@H](CO)O2)c(=O)[nH]c1=O. The molecule has 0 spiro atoms. The predicted octanol–water partition coefficient (Wildman–Crippen LogP) is -1.06. The average Bonchev–Trinajstić information content (AvgIpc) is 3.10. The minimum absolute atomic E-state index is 0.00815. The van der Waals surface area contributed by atoms with Gasteiger partial charge in [-0.15, -0.1) is 0 Å². The standard InChI is InChI=1S/C18H29N4O9P/c19-7-3-1-2-4-8-20-15(24)6-5-12-10-22(18(26)21-17(12)25)16-9-13(14(11-23)30-16)31-32(27,28)29/h5-6,10,13-14,16,23H,1-4,7-9,11,19H2,(H,20,24)(H,21,25,26)(H2,27,28,29)/b6-5+/t13?,14-,16-/m1/s1. The van der Waals surface area contributed by atoms with Crippen molar-refractivity contribution in [2.24, 2.45) is 5.73 Å². The highest BCUT2D eigenvalue weighted by molar-refractivity contribution is 7.46. The van der Waals surface area contributed by atoms with E-state index >= 15 is 0 Å². The molecule has 1 aromatic rings. The molecule has 1 unspecified atom stereocenters. The number of ether oxygens (including phenoxy) is 1. The van der Waals surface area contributed by atoms with Crippen LogP contribution in [0.25, 0.3) is 6.08 Å². The number of carbonyl (C=O) groups excluding carboxylic acids is 1. The summed E-state index contributed by atoms with van der Waals surface area (Å²) in [5, 5.41) is 12.1. The molecule has 0 saturated carbocycles. The topological polar surface area (TPSA) is 206 Å². The Hall–Kier alpha value is -2.12. The first-order valence-electron chi connectivity index (χ1n) is 10.2. The summed E-state index contributed by atoms with van der Waals surface area (Å²) in [6, 6.07) is 0. The molecule has 0 radical (unpaired) electrons. The second-order valence-electron chi connectivity index (χ2n) is 7.26. The van der Waals surface area contributed by atoms with Gasteiger partial charge in [-0.05, 0) is 25.5 Å². The Morgan fingerprint density at radius 1 is 1.34 bits per heavy atom. The van der Waals surface area contributed by atoms with E-state index in [0.717, 1.165) is 42.5 Å². The first kappa shape index (κ1) is 26.1. The highest BCUT2D eigenvalue weighted by Crippen LogP contribution is 2.43. The monoisotopic (exact) mass is 476 g/mol. The fourth-order valence-corrected chi connectivity index (χ4v) is 3.79. The average molecular weight is 476 g/mol. The molecule has 1 aliphatic rings. The first-order chi connectivity index (χ1) is 15.1. The Kier molecular flexibility index (Phi) is 9.97. The normalized spacial score (nSPS) is 21.3. The van der Waals surface area contributed by atoms with Crippen molar-refractivity contribution in [2.45, 2.75) is 50.5 Å². The Balaban J connectivity index is 2.05. The molecule has 0 aromatic carbocycles. The summed E-state index contributed by atoms with van der Waals surface area (Å²) in [6.07, 6.45) is 3.76. The molecule has 1 aromatic heterocycles. The van der Waals surface area contributed by atoms with Gasteiger partial charge in [0.15, 0.2) is 0 Å². The molecule has 1 fully saturated rings. The van der Waals surface area contributed by atoms with Gasteiger partial charge in [0.2, 0.25) is 5.91 Å². The number of phosphoric ester groups is 1. The van der Waals surface area contributed by atoms with Gasteiger partial charge in [0, 0.05) is 25.2 Å². The molecule has 7 N–H and O–H groups in total. The molecule has 3 atom stereocenters. The van der Waals surface area contributed by atoms with Crippen LogP contribution >= 0.6 is 7.82 Å². The van der Waals surface area contributed by atoms with Crippen molar-refractivity contribution in [2.75, 3.05) is 19.7 Å². The van der Waals surface area contributed by atoms with E-state index < -0.39 is 50.0 Å². The summed E-state index contributed by atoms with van der Waals surface area (Å²) in [6.45, 7) is 0.511. The first-order valence-corrected chi connectivity index (χ1v) is 11.7. The largest absolute Gasteiger partial charge is 0.469 e. The van der Waals surface area contributed by atoms with Crippen LogP contribution < -0.4 is 22.3 Å². The van der Waals surface area contributed by atoms with E-state index in [1.165, 1.54) is 6.08 Å². The van der Waals surface area contributed by atoms with Crippen molar-refractivity contribution in [3.8, 4) is 0 Å². The molecule has 0 bridgehead atoms. The van der Waals surface area contributed by atoms with Gasteiger partial charge >= 0.3 is 13.5 Å². The van der Waals surface area contributed by atoms with Crippen LogP contribution in [-0.2, 0) is 18.6 Å². The number of nitrogens with zero attached hydrogens (tertiary/aromatic N) is 1. The van der Waals surface area contributed by atoms with Crippen LogP contribution in [0.5, 0.6) is 0 Å². The van der Waals surface area contributed by atoms with E-state index in [4.69, 9.17) is 20.3 Å². The van der Waals surface area contributed by atoms with Gasteiger partial charge in [-0.25, -0.2) is 9.36 Å². The quantitative estimate of drug-likeness (QED) is 0.122. The maximum Gasteiger partial charge on any atom is 0.469 e. The van der Waals surface area contributed by atoms with Gasteiger partial charge in [0.25, 0.3) is 5.56 Å². The number of rotatable bonds is 12. The van der Waals surface area contributed by atoms with Crippen LogP contribution in [0.3, 0.4) is 0 Å². The number of hydrogen-bond acceptors (Lipinski definition) is 8. The van der Waals surface area contributed by atoms with E-state index in [1.807, 2.05) is 0 Å². The lowest BCUT2D eigenvalue weighted by Crippen LogP contribution is -2.33. The molecule has 14 heteroatoms. The molecule has 1 aliphatic heterocycles. The van der Waals surface area contributed by atoms with Gasteiger partial charge in [0.05, 0.1) is 12.2 Å². The van der Waals surface area contributed by atoms with E-state index in [1.54, 1.807) is 0 Å². The number of hydrogen-bond donors (Lipinski definition) is 6. The van der Waals surface area contributed by atoms with E-state index in [9.17, 15) is 24.1 Å². The van der Waals surface area contributed by atoms with Crippen LogP contribution in [0.2, 0.25) is 0 Å². The minimum atomic E-state index is -4.85. The van der Waals surface area contributed by atoms with Crippen molar-refractivity contribution in [1.29, 1.82) is 0 Å². The van der Waals surface area contributed by atoms with Gasteiger partial charge in [-0.2, -0.15) is 0 Å². The minimum Gasteiger partial charge on any atom is -0.394 e. The predicted molar refractivity (Wildman–Crippen MR) is 113 cm³/mol. The van der Waals surface area contributed by atoms with Crippen LogP contribution in [0, 0.1) is 0 Å². The van der Waals surface area contributed by atoms with Gasteiger partial charge in [-0.1, -0.05) is 12.8 Å². The number of H-pyrrole nitrogens is 1. The summed E-state index contributed by atoms with van der Waals surface area (Å²) in [4.78, 5) is 56.3. The molecule has 180 valence electrons. The zero-order valence-electron chi connectivity index (χ0n) is 17.4. The molecule has 1 amide bonds. The maximum atomic E-state index is 12.2. The van der Waals surface area contributed by atoms with Crippen molar-refractivity contribution < 1.29 is 33.5 Å². The Labute approximate surface area is 183 Å². The number of carbonyl (C=O) groups is 1. The molecule has 0 aliphatic carbocycles. The van der Waals surface area contributed by atoms with Gasteiger partial charge in [0.1, 0.15) is 18.4 Å². The van der Waals surface area contributed by atoms with Crippen LogP contribution in [0.15, 0.2) is 21.9 Å². The number of phosphoric acid groups is 1. The lowest BCUT2D eigenvalue weighted by atomic mass is 10.2. The van der Waals surface area contributed by atoms with Crippen LogP contribution in [-0.4, -0.2) is 62.3 Å². The lowest BCUT2D eigenvalue weighted by Gasteiger charge is -2.16. The second kappa shape index (κ2) is 12.2. The summed E-state index contributed by atoms with van der Waals surface area (Å²) in [5.74, 6) is -0.409. The van der Waals surface area contributed by atoms with Crippen molar-refractivity contribution in [1.82, 2.24) is 14.9 Å². The second-order valence-corrected chi connectivity index (χ2v) is 8.45. The van der Waals surface area contributed by atoms with Crippen molar-refractivity contribution >= 4 is 19.8 Å². The van der Waals surface area contributed by atoms with Gasteiger partial charge < -0.3 is 30.7 Å². The summed E-state index contributed by atoms with van der Waals surface area (Å²) in [7, 11) is -4.85. The van der Waals surface area contributed by atoms with Crippen LogP contribution in [0.4, 0.5) is 0 Å². The number of nitrogens with two attached hydrogens (primary N) is 1. The zero-order chi connectivity index (χ0) is 23.7. The van der Waals surface area contributed by atoms with Crippen LogP contribution in [0.1, 0.15) is 43.9 Å². The van der Waals surface area contributed by atoms with E-state index in [0.29, 0.717) is 13.1 Å². The molecule has 32 heavy (non-hydrogen) atoms. The highest BCUT2D eigenvalue weighted by atomic mass is 31.2.